The molecule has 1 N–H and O–H groups in total. The van der Waals surface area contributed by atoms with Crippen LogP contribution in [0.5, 0.6) is 0 Å². The first-order valence-electron chi connectivity index (χ1n) is 5.33. The van der Waals surface area contributed by atoms with Crippen molar-refractivity contribution in [2.24, 2.45) is 0 Å². The Morgan fingerprint density at radius 2 is 2.22 bits per heavy atom. The molecule has 0 fully saturated rings. The summed E-state index contributed by atoms with van der Waals surface area (Å²) < 4.78 is 6.69. The number of fused-ring (bicyclic) bond motifs is 1. The summed E-state index contributed by atoms with van der Waals surface area (Å²) in [6.45, 7) is 0.355. The second-order valence-corrected chi connectivity index (χ2v) is 3.84. The Balaban J connectivity index is 1.93. The van der Waals surface area contributed by atoms with Crippen molar-refractivity contribution in [1.82, 2.24) is 14.9 Å². The summed E-state index contributed by atoms with van der Waals surface area (Å²) in [6, 6.07) is 9.16. The average molecular weight is 243 g/mol. The van der Waals surface area contributed by atoms with Crippen LogP contribution in [0.1, 0.15) is 16.2 Å². The molecule has 6 heteroatoms. The number of aromatic carboxylic acids is 1. The molecule has 0 bridgehead atoms. The van der Waals surface area contributed by atoms with E-state index in [4.69, 9.17) is 9.63 Å². The lowest BCUT2D eigenvalue weighted by Gasteiger charge is -1.98. The van der Waals surface area contributed by atoms with Gasteiger partial charge in [-0.2, -0.15) is 5.10 Å². The molecule has 0 atom stereocenters. The van der Waals surface area contributed by atoms with Gasteiger partial charge in [-0.3, -0.25) is 4.68 Å². The number of nitrogens with zero attached hydrogens (tertiary/aromatic N) is 3. The van der Waals surface area contributed by atoms with Crippen LogP contribution in [0, 0.1) is 0 Å². The van der Waals surface area contributed by atoms with Gasteiger partial charge in [0.2, 0.25) is 0 Å². The Hall–Kier alpha value is -2.63. The second kappa shape index (κ2) is 3.99. The molecule has 2 heterocycles. The zero-order chi connectivity index (χ0) is 12.5. The SMILES string of the molecule is O=C(O)c1cc(Cn2ncc3ccccc32)on1. The van der Waals surface area contributed by atoms with Gasteiger partial charge in [0, 0.05) is 11.5 Å². The quantitative estimate of drug-likeness (QED) is 0.758. The Labute approximate surface area is 101 Å². The van der Waals surface area contributed by atoms with Gasteiger partial charge in [-0.25, -0.2) is 4.79 Å². The van der Waals surface area contributed by atoms with Gasteiger partial charge in [0.15, 0.2) is 11.5 Å². The monoisotopic (exact) mass is 243 g/mol. The molecule has 18 heavy (non-hydrogen) atoms. The first kappa shape index (κ1) is 10.5. The molecule has 0 spiro atoms. The van der Waals surface area contributed by atoms with E-state index in [-0.39, 0.29) is 5.69 Å². The summed E-state index contributed by atoms with van der Waals surface area (Å²) in [7, 11) is 0. The zero-order valence-corrected chi connectivity index (χ0v) is 9.28. The Morgan fingerprint density at radius 3 is 3.00 bits per heavy atom. The molecule has 0 saturated carbocycles. The highest BCUT2D eigenvalue weighted by atomic mass is 16.5. The minimum absolute atomic E-state index is 0.0959. The minimum Gasteiger partial charge on any atom is -0.476 e. The van der Waals surface area contributed by atoms with Crippen molar-refractivity contribution in [3.05, 3.63) is 48.0 Å². The van der Waals surface area contributed by atoms with Crippen molar-refractivity contribution in [2.45, 2.75) is 6.54 Å². The molecule has 0 saturated heterocycles. The van der Waals surface area contributed by atoms with E-state index in [1.807, 2.05) is 24.3 Å². The van der Waals surface area contributed by atoms with Gasteiger partial charge in [-0.05, 0) is 6.07 Å². The predicted octanol–water partition coefficient (Wildman–Crippen LogP) is 1.77. The first-order chi connectivity index (χ1) is 8.74. The Morgan fingerprint density at radius 1 is 1.39 bits per heavy atom. The smallest absolute Gasteiger partial charge is 0.358 e. The van der Waals surface area contributed by atoms with Gasteiger partial charge in [-0.15, -0.1) is 0 Å². The summed E-state index contributed by atoms with van der Waals surface area (Å²) in [5.74, 6) is -0.642. The van der Waals surface area contributed by atoms with E-state index in [0.29, 0.717) is 12.3 Å². The third-order valence-corrected chi connectivity index (χ3v) is 2.63. The van der Waals surface area contributed by atoms with E-state index in [0.717, 1.165) is 10.9 Å². The standard InChI is InChI=1S/C12H9N3O3/c16-12(17)10-5-9(18-14-10)7-15-11-4-2-1-3-8(11)6-13-15/h1-6H,7H2,(H,16,17). The number of carboxylic acid groups (broad SMARTS) is 1. The van der Waals surface area contributed by atoms with Crippen LogP contribution >= 0.6 is 0 Å². The molecule has 2 aromatic heterocycles. The maximum absolute atomic E-state index is 10.7. The highest BCUT2D eigenvalue weighted by Gasteiger charge is 2.12. The highest BCUT2D eigenvalue weighted by Crippen LogP contribution is 2.14. The summed E-state index contributed by atoms with van der Waals surface area (Å²) in [6.07, 6.45) is 1.75. The van der Waals surface area contributed by atoms with Crippen LogP contribution in [0.2, 0.25) is 0 Å². The summed E-state index contributed by atoms with van der Waals surface area (Å²) in [4.78, 5) is 10.7. The lowest BCUT2D eigenvalue weighted by atomic mass is 10.2. The van der Waals surface area contributed by atoms with Crippen LogP contribution in [-0.2, 0) is 6.54 Å². The van der Waals surface area contributed by atoms with E-state index >= 15 is 0 Å². The molecular formula is C12H9N3O3. The molecule has 3 rings (SSSR count). The van der Waals surface area contributed by atoms with Gasteiger partial charge in [-0.1, -0.05) is 23.4 Å². The van der Waals surface area contributed by atoms with Gasteiger partial charge in [0.05, 0.1) is 11.7 Å². The largest absolute Gasteiger partial charge is 0.476 e. The molecule has 0 amide bonds. The van der Waals surface area contributed by atoms with E-state index in [1.165, 1.54) is 6.07 Å². The maximum atomic E-state index is 10.7. The molecule has 0 aliphatic heterocycles. The number of benzene rings is 1. The lowest BCUT2D eigenvalue weighted by molar-refractivity contribution is 0.0685. The van der Waals surface area contributed by atoms with Crippen LogP contribution in [0.15, 0.2) is 41.1 Å². The van der Waals surface area contributed by atoms with Crippen molar-refractivity contribution in [3.63, 3.8) is 0 Å². The van der Waals surface area contributed by atoms with E-state index < -0.39 is 5.97 Å². The van der Waals surface area contributed by atoms with E-state index in [9.17, 15) is 4.79 Å². The molecule has 0 aliphatic carbocycles. The average Bonchev–Trinajstić information content (AvgIpc) is 2.98. The lowest BCUT2D eigenvalue weighted by Crippen LogP contribution is -2.00. The normalized spacial score (nSPS) is 10.9. The number of aromatic nitrogens is 3. The topological polar surface area (TPSA) is 81.1 Å². The molecule has 90 valence electrons. The van der Waals surface area contributed by atoms with E-state index in [2.05, 4.69) is 10.3 Å². The maximum Gasteiger partial charge on any atom is 0.358 e. The molecule has 1 aromatic carbocycles. The number of hydrogen-bond donors (Lipinski definition) is 1. The zero-order valence-electron chi connectivity index (χ0n) is 9.28. The van der Waals surface area contributed by atoms with Gasteiger partial charge < -0.3 is 9.63 Å². The van der Waals surface area contributed by atoms with Crippen molar-refractivity contribution >= 4 is 16.9 Å². The van der Waals surface area contributed by atoms with Crippen molar-refractivity contribution in [1.29, 1.82) is 0 Å². The fourth-order valence-corrected chi connectivity index (χ4v) is 1.79. The van der Waals surface area contributed by atoms with Crippen LogP contribution < -0.4 is 0 Å². The third-order valence-electron chi connectivity index (χ3n) is 2.63. The number of hydrogen-bond acceptors (Lipinski definition) is 4. The number of carboxylic acids is 1. The second-order valence-electron chi connectivity index (χ2n) is 3.84. The molecule has 0 radical (unpaired) electrons. The van der Waals surface area contributed by atoms with Crippen LogP contribution in [0.25, 0.3) is 10.9 Å². The third kappa shape index (κ3) is 1.73. The summed E-state index contributed by atoms with van der Waals surface area (Å²) in [5.41, 5.74) is 0.868. The molecule has 0 unspecified atom stereocenters. The van der Waals surface area contributed by atoms with Crippen molar-refractivity contribution in [2.75, 3.05) is 0 Å². The van der Waals surface area contributed by atoms with Crippen LogP contribution in [-0.4, -0.2) is 26.0 Å². The summed E-state index contributed by atoms with van der Waals surface area (Å²) >= 11 is 0. The minimum atomic E-state index is -1.10. The predicted molar refractivity (Wildman–Crippen MR) is 62.3 cm³/mol. The first-order valence-corrected chi connectivity index (χ1v) is 5.33. The Bertz CT molecular complexity index is 714. The van der Waals surface area contributed by atoms with Crippen LogP contribution in [0.4, 0.5) is 0 Å². The number of para-hydroxylation sites is 1. The molecule has 0 aliphatic rings. The number of carbonyl (C=O) groups is 1. The van der Waals surface area contributed by atoms with E-state index in [1.54, 1.807) is 10.9 Å². The molecular weight excluding hydrogens is 234 g/mol. The molecule has 3 aromatic rings. The van der Waals surface area contributed by atoms with Gasteiger partial charge in [0.1, 0.15) is 6.54 Å². The summed E-state index contributed by atoms with van der Waals surface area (Å²) in [5, 5.41) is 17.5. The fourth-order valence-electron chi connectivity index (χ4n) is 1.79. The molecule has 6 nitrogen and oxygen atoms in total. The Kier molecular flexibility index (Phi) is 2.33. The highest BCUT2D eigenvalue weighted by molar-refractivity contribution is 5.85. The van der Waals surface area contributed by atoms with Gasteiger partial charge in [0.25, 0.3) is 0 Å². The van der Waals surface area contributed by atoms with Crippen molar-refractivity contribution < 1.29 is 14.4 Å². The van der Waals surface area contributed by atoms with Crippen molar-refractivity contribution in [3.8, 4) is 0 Å². The van der Waals surface area contributed by atoms with Crippen LogP contribution in [0.3, 0.4) is 0 Å². The number of rotatable bonds is 3. The fraction of sp³-hybridized carbons (Fsp3) is 0.0833. The van der Waals surface area contributed by atoms with Gasteiger partial charge >= 0.3 is 5.97 Å².